The third-order valence-corrected chi connectivity index (χ3v) is 5.37. The molecule has 3 N–H and O–H groups in total. The van der Waals surface area contributed by atoms with Crippen molar-refractivity contribution in [2.75, 3.05) is 43.9 Å². The fraction of sp³-hybridized carbons (Fsp3) is 0.360. The third-order valence-electron chi connectivity index (χ3n) is 5.37. The molecular formula is C25H28F5N5O5. The minimum absolute atomic E-state index is 0.233. The zero-order valence-corrected chi connectivity index (χ0v) is 21.8. The predicted molar refractivity (Wildman–Crippen MR) is 135 cm³/mol. The summed E-state index contributed by atoms with van der Waals surface area (Å²) in [6.07, 6.45) is -4.15. The Morgan fingerprint density at radius 2 is 1.70 bits per heavy atom. The van der Waals surface area contributed by atoms with Crippen LogP contribution in [0.1, 0.15) is 30.6 Å². The maximum atomic E-state index is 13.9. The van der Waals surface area contributed by atoms with Crippen LogP contribution in [0, 0.1) is 11.6 Å². The number of alkyl halides is 3. The second kappa shape index (κ2) is 14.8. The van der Waals surface area contributed by atoms with Gasteiger partial charge in [0.1, 0.15) is 22.9 Å². The maximum Gasteiger partial charge on any atom is 0.490 e. The first-order chi connectivity index (χ1) is 18.9. The van der Waals surface area contributed by atoms with Gasteiger partial charge in [0.05, 0.1) is 12.7 Å². The van der Waals surface area contributed by atoms with E-state index in [1.165, 1.54) is 19.2 Å². The molecule has 1 heterocycles. The third kappa shape index (κ3) is 9.18. The van der Waals surface area contributed by atoms with E-state index in [-0.39, 0.29) is 11.6 Å². The van der Waals surface area contributed by atoms with Gasteiger partial charge < -0.3 is 29.8 Å². The van der Waals surface area contributed by atoms with Crippen molar-refractivity contribution in [2.45, 2.75) is 26.4 Å². The van der Waals surface area contributed by atoms with Crippen LogP contribution >= 0.6 is 0 Å². The molecule has 0 radical (unpaired) electrons. The standard InChI is InChI=1S/C23H27F2N5O3.C2HF3O2/c1-4-30(5-2)13-7-12-26-23-29-28-22(33-23)16-11-10-15(14-19(16)32-3)27-21(31)20-17(24)8-6-9-18(20)25;3-2(4,5)1(6)7/h6,8-11,14H,4-5,7,12-13H2,1-3H3,(H,26,29)(H,27,31);(H,6,7). The number of amides is 1. The monoisotopic (exact) mass is 573 g/mol. The number of halogens is 5. The summed E-state index contributed by atoms with van der Waals surface area (Å²) < 4.78 is 70.5. The smallest absolute Gasteiger partial charge is 0.490 e. The first kappa shape index (κ1) is 31.9. The largest absolute Gasteiger partial charge is 0.496 e. The Hall–Kier alpha value is -4.27. The number of hydrogen-bond acceptors (Lipinski definition) is 8. The molecule has 2 aromatic carbocycles. The molecule has 0 aliphatic rings. The molecule has 0 atom stereocenters. The number of carbonyl (C=O) groups is 2. The fourth-order valence-electron chi connectivity index (χ4n) is 3.30. The summed E-state index contributed by atoms with van der Waals surface area (Å²) in [6.45, 7) is 7.93. The van der Waals surface area contributed by atoms with Crippen LogP contribution in [0.15, 0.2) is 40.8 Å². The van der Waals surface area contributed by atoms with Gasteiger partial charge in [-0.1, -0.05) is 25.0 Å². The Morgan fingerprint density at radius 1 is 1.07 bits per heavy atom. The molecule has 40 heavy (non-hydrogen) atoms. The number of rotatable bonds is 11. The minimum Gasteiger partial charge on any atom is -0.496 e. The van der Waals surface area contributed by atoms with Crippen molar-refractivity contribution in [1.82, 2.24) is 15.1 Å². The number of anilines is 2. The van der Waals surface area contributed by atoms with Crippen molar-refractivity contribution < 1.29 is 45.8 Å². The molecule has 0 bridgehead atoms. The number of carboxylic acids is 1. The van der Waals surface area contributed by atoms with Crippen LogP contribution in [-0.4, -0.2) is 71.5 Å². The molecule has 218 valence electrons. The van der Waals surface area contributed by atoms with E-state index >= 15 is 0 Å². The molecule has 0 fully saturated rings. The van der Waals surface area contributed by atoms with E-state index in [9.17, 15) is 26.7 Å². The molecule has 0 aliphatic heterocycles. The summed E-state index contributed by atoms with van der Waals surface area (Å²) in [5.41, 5.74) is 0.142. The van der Waals surface area contributed by atoms with Gasteiger partial charge in [0, 0.05) is 18.3 Å². The molecular weight excluding hydrogens is 545 g/mol. The van der Waals surface area contributed by atoms with Gasteiger partial charge >= 0.3 is 18.2 Å². The quantitative estimate of drug-likeness (QED) is 0.213. The normalized spacial score (nSPS) is 11.0. The van der Waals surface area contributed by atoms with E-state index in [1.807, 2.05) is 0 Å². The highest BCUT2D eigenvalue weighted by molar-refractivity contribution is 6.04. The number of carbonyl (C=O) groups excluding carboxylic acids is 1. The van der Waals surface area contributed by atoms with Crippen molar-refractivity contribution in [3.05, 3.63) is 53.6 Å². The Kier molecular flexibility index (Phi) is 11.8. The van der Waals surface area contributed by atoms with Gasteiger partial charge in [-0.25, -0.2) is 13.6 Å². The van der Waals surface area contributed by atoms with Crippen LogP contribution in [0.2, 0.25) is 0 Å². The lowest BCUT2D eigenvalue weighted by atomic mass is 10.1. The molecule has 0 aliphatic carbocycles. The van der Waals surface area contributed by atoms with Crippen molar-refractivity contribution in [3.63, 3.8) is 0 Å². The summed E-state index contributed by atoms with van der Waals surface area (Å²) in [7, 11) is 1.45. The molecule has 1 amide bonds. The minimum atomic E-state index is -5.08. The predicted octanol–water partition coefficient (Wildman–Crippen LogP) is 5.05. The number of carboxylic acid groups (broad SMARTS) is 1. The van der Waals surface area contributed by atoms with Crippen molar-refractivity contribution in [3.8, 4) is 17.2 Å². The van der Waals surface area contributed by atoms with Crippen LogP contribution in [0.4, 0.5) is 33.7 Å². The highest BCUT2D eigenvalue weighted by atomic mass is 19.4. The summed E-state index contributed by atoms with van der Waals surface area (Å²) in [4.78, 5) is 23.6. The molecule has 3 aromatic rings. The van der Waals surface area contributed by atoms with Gasteiger partial charge in [-0.15, -0.1) is 5.10 Å². The van der Waals surface area contributed by atoms with E-state index in [2.05, 4.69) is 39.6 Å². The Bertz CT molecular complexity index is 1260. The zero-order valence-electron chi connectivity index (χ0n) is 21.8. The summed E-state index contributed by atoms with van der Waals surface area (Å²) in [6, 6.07) is 8.20. The van der Waals surface area contributed by atoms with Gasteiger partial charge in [-0.2, -0.15) is 13.2 Å². The zero-order chi connectivity index (χ0) is 29.9. The van der Waals surface area contributed by atoms with Crippen molar-refractivity contribution >= 4 is 23.6 Å². The lowest BCUT2D eigenvalue weighted by Gasteiger charge is -2.17. The lowest BCUT2D eigenvalue weighted by molar-refractivity contribution is -0.192. The number of benzene rings is 2. The SMILES string of the molecule is CCN(CC)CCCNc1nnc(-c2ccc(NC(=O)c3c(F)cccc3F)cc2OC)o1.O=C(O)C(F)(F)F. The van der Waals surface area contributed by atoms with E-state index in [0.29, 0.717) is 23.9 Å². The number of nitrogens with zero attached hydrogens (tertiary/aromatic N) is 3. The number of aromatic nitrogens is 2. The number of methoxy groups -OCH3 is 1. The lowest BCUT2D eigenvalue weighted by Crippen LogP contribution is -2.25. The fourth-order valence-corrected chi connectivity index (χ4v) is 3.30. The Balaban J connectivity index is 0.000000708. The second-order valence-electron chi connectivity index (χ2n) is 7.99. The number of ether oxygens (including phenoxy) is 1. The van der Waals surface area contributed by atoms with E-state index in [1.54, 1.807) is 12.1 Å². The van der Waals surface area contributed by atoms with Crippen molar-refractivity contribution in [2.24, 2.45) is 0 Å². The molecule has 1 aromatic heterocycles. The van der Waals surface area contributed by atoms with Gasteiger partial charge in [0.25, 0.3) is 11.8 Å². The highest BCUT2D eigenvalue weighted by Crippen LogP contribution is 2.32. The van der Waals surface area contributed by atoms with E-state index in [0.717, 1.165) is 38.2 Å². The van der Waals surface area contributed by atoms with Crippen LogP contribution in [0.25, 0.3) is 11.5 Å². The first-order valence-electron chi connectivity index (χ1n) is 11.9. The Labute approximate surface area is 226 Å². The molecule has 10 nitrogen and oxygen atoms in total. The second-order valence-corrected chi connectivity index (χ2v) is 7.99. The van der Waals surface area contributed by atoms with Crippen LogP contribution < -0.4 is 15.4 Å². The number of hydrogen-bond donors (Lipinski definition) is 3. The molecule has 0 saturated carbocycles. The van der Waals surface area contributed by atoms with Crippen LogP contribution in [-0.2, 0) is 4.79 Å². The molecule has 3 rings (SSSR count). The molecule has 0 saturated heterocycles. The molecule has 0 spiro atoms. The first-order valence-corrected chi connectivity index (χ1v) is 11.9. The average molecular weight is 574 g/mol. The van der Waals surface area contributed by atoms with Gasteiger partial charge in [-0.05, 0) is 50.3 Å². The number of nitrogens with one attached hydrogen (secondary N) is 2. The van der Waals surface area contributed by atoms with Crippen LogP contribution in [0.5, 0.6) is 5.75 Å². The Morgan fingerprint density at radius 3 is 2.25 bits per heavy atom. The highest BCUT2D eigenvalue weighted by Gasteiger charge is 2.38. The van der Waals surface area contributed by atoms with Gasteiger partial charge in [-0.3, -0.25) is 4.79 Å². The van der Waals surface area contributed by atoms with E-state index < -0.39 is 35.3 Å². The van der Waals surface area contributed by atoms with Gasteiger partial charge in [0.2, 0.25) is 0 Å². The molecule has 0 unspecified atom stereocenters. The maximum absolute atomic E-state index is 13.9. The number of aliphatic carboxylic acids is 1. The summed E-state index contributed by atoms with van der Waals surface area (Å²) in [5.74, 6) is -4.98. The van der Waals surface area contributed by atoms with Crippen molar-refractivity contribution in [1.29, 1.82) is 0 Å². The van der Waals surface area contributed by atoms with Gasteiger partial charge in [0.15, 0.2) is 0 Å². The average Bonchev–Trinajstić information content (AvgIpc) is 3.37. The summed E-state index contributed by atoms with van der Waals surface area (Å²) >= 11 is 0. The summed E-state index contributed by atoms with van der Waals surface area (Å²) in [5, 5.41) is 20.8. The van der Waals surface area contributed by atoms with Crippen LogP contribution in [0.3, 0.4) is 0 Å². The van der Waals surface area contributed by atoms with E-state index in [4.69, 9.17) is 19.1 Å². The molecule has 15 heteroatoms. The topological polar surface area (TPSA) is 130 Å².